The van der Waals surface area contributed by atoms with E-state index >= 15 is 0 Å². The Kier molecular flexibility index (Phi) is 6.00. The van der Waals surface area contributed by atoms with Crippen LogP contribution in [0.5, 0.6) is 0 Å². The van der Waals surface area contributed by atoms with E-state index in [4.69, 9.17) is 0 Å². The van der Waals surface area contributed by atoms with Crippen LogP contribution >= 0.6 is 15.9 Å². The van der Waals surface area contributed by atoms with Crippen LogP contribution in [-0.4, -0.2) is 4.83 Å². The third-order valence-corrected chi connectivity index (χ3v) is 3.48. The number of aryl methyl sites for hydroxylation is 1. The lowest BCUT2D eigenvalue weighted by molar-refractivity contribution is 0.648. The molecule has 0 bridgehead atoms. The van der Waals surface area contributed by atoms with Gasteiger partial charge < -0.3 is 0 Å². The highest BCUT2D eigenvalue weighted by molar-refractivity contribution is 9.09. The van der Waals surface area contributed by atoms with E-state index < -0.39 is 0 Å². The SMILES string of the molecule is CCCCCC(Br)Cc1ccc(C)cc1. The van der Waals surface area contributed by atoms with E-state index in [1.807, 2.05) is 0 Å². The molecule has 0 nitrogen and oxygen atoms in total. The van der Waals surface area contributed by atoms with E-state index in [1.54, 1.807) is 0 Å². The van der Waals surface area contributed by atoms with Gasteiger partial charge in [-0.05, 0) is 25.3 Å². The molecule has 1 heteroatoms. The van der Waals surface area contributed by atoms with Crippen LogP contribution in [0, 0.1) is 6.92 Å². The maximum atomic E-state index is 3.76. The summed E-state index contributed by atoms with van der Waals surface area (Å²) in [5.41, 5.74) is 2.79. The van der Waals surface area contributed by atoms with Crippen molar-refractivity contribution in [3.8, 4) is 0 Å². The van der Waals surface area contributed by atoms with Gasteiger partial charge >= 0.3 is 0 Å². The highest BCUT2D eigenvalue weighted by Crippen LogP contribution is 2.17. The fraction of sp³-hybridized carbons (Fsp3) is 0.571. The monoisotopic (exact) mass is 268 g/mol. The van der Waals surface area contributed by atoms with Gasteiger partial charge in [0, 0.05) is 4.83 Å². The quantitative estimate of drug-likeness (QED) is 0.510. The molecule has 15 heavy (non-hydrogen) atoms. The molecule has 0 radical (unpaired) electrons. The van der Waals surface area contributed by atoms with Crippen molar-refractivity contribution < 1.29 is 0 Å². The Labute approximate surface area is 102 Å². The van der Waals surface area contributed by atoms with Crippen LogP contribution in [0.2, 0.25) is 0 Å². The zero-order valence-corrected chi connectivity index (χ0v) is 11.4. The maximum absolute atomic E-state index is 3.76. The van der Waals surface area contributed by atoms with E-state index in [2.05, 4.69) is 54.0 Å². The van der Waals surface area contributed by atoms with Gasteiger partial charge in [0.05, 0.1) is 0 Å². The van der Waals surface area contributed by atoms with Gasteiger partial charge in [-0.1, -0.05) is 71.9 Å². The van der Waals surface area contributed by atoms with Crippen LogP contribution in [-0.2, 0) is 6.42 Å². The molecule has 1 aromatic carbocycles. The molecule has 1 rings (SSSR count). The largest absolute Gasteiger partial charge is 0.0887 e. The van der Waals surface area contributed by atoms with E-state index in [0.29, 0.717) is 4.83 Å². The van der Waals surface area contributed by atoms with Crippen molar-refractivity contribution in [1.29, 1.82) is 0 Å². The van der Waals surface area contributed by atoms with E-state index in [-0.39, 0.29) is 0 Å². The number of alkyl halides is 1. The molecule has 0 saturated heterocycles. The summed E-state index contributed by atoms with van der Waals surface area (Å²) in [7, 11) is 0. The van der Waals surface area contributed by atoms with Crippen molar-refractivity contribution in [3.05, 3.63) is 35.4 Å². The standard InChI is InChI=1S/C14H21Br/c1-3-4-5-6-14(15)11-13-9-7-12(2)8-10-13/h7-10,14H,3-6,11H2,1-2H3. The predicted molar refractivity (Wildman–Crippen MR) is 71.7 cm³/mol. The summed E-state index contributed by atoms with van der Waals surface area (Å²) < 4.78 is 0. The Morgan fingerprint density at radius 3 is 2.40 bits per heavy atom. The lowest BCUT2D eigenvalue weighted by Crippen LogP contribution is -2.02. The van der Waals surface area contributed by atoms with Crippen molar-refractivity contribution >= 4 is 15.9 Å². The van der Waals surface area contributed by atoms with Crippen molar-refractivity contribution in [3.63, 3.8) is 0 Å². The minimum absolute atomic E-state index is 0.645. The molecule has 0 aliphatic heterocycles. The van der Waals surface area contributed by atoms with E-state index in [1.165, 1.54) is 36.8 Å². The first-order valence-electron chi connectivity index (χ1n) is 5.92. The van der Waals surface area contributed by atoms with Crippen LogP contribution in [0.4, 0.5) is 0 Å². The summed E-state index contributed by atoms with van der Waals surface area (Å²) in [6.07, 6.45) is 6.46. The first kappa shape index (κ1) is 12.8. The van der Waals surface area contributed by atoms with Gasteiger partial charge in [-0.2, -0.15) is 0 Å². The van der Waals surface area contributed by atoms with Crippen LogP contribution in [0.1, 0.15) is 43.7 Å². The Balaban J connectivity index is 2.31. The molecule has 0 saturated carbocycles. The van der Waals surface area contributed by atoms with Crippen molar-refractivity contribution in [2.45, 2.75) is 50.8 Å². The lowest BCUT2D eigenvalue weighted by atomic mass is 10.0. The smallest absolute Gasteiger partial charge is 0.0186 e. The van der Waals surface area contributed by atoms with Gasteiger partial charge in [0.25, 0.3) is 0 Å². The first-order chi connectivity index (χ1) is 7.22. The zero-order valence-electron chi connectivity index (χ0n) is 9.80. The Bertz CT molecular complexity index is 263. The molecular weight excluding hydrogens is 248 g/mol. The van der Waals surface area contributed by atoms with Crippen LogP contribution in [0.15, 0.2) is 24.3 Å². The first-order valence-corrected chi connectivity index (χ1v) is 6.83. The number of rotatable bonds is 6. The summed E-state index contributed by atoms with van der Waals surface area (Å²) in [6.45, 7) is 4.39. The number of benzene rings is 1. The van der Waals surface area contributed by atoms with Gasteiger partial charge in [0.1, 0.15) is 0 Å². The van der Waals surface area contributed by atoms with E-state index in [0.717, 1.165) is 6.42 Å². The summed E-state index contributed by atoms with van der Waals surface area (Å²) in [5.74, 6) is 0. The number of hydrogen-bond acceptors (Lipinski definition) is 0. The van der Waals surface area contributed by atoms with Gasteiger partial charge in [-0.3, -0.25) is 0 Å². The molecule has 1 unspecified atom stereocenters. The van der Waals surface area contributed by atoms with Crippen LogP contribution < -0.4 is 0 Å². The molecule has 0 spiro atoms. The molecule has 0 aliphatic rings. The summed E-state index contributed by atoms with van der Waals surface area (Å²) in [4.78, 5) is 0.645. The van der Waals surface area contributed by atoms with Crippen molar-refractivity contribution in [2.24, 2.45) is 0 Å². The number of unbranched alkanes of at least 4 members (excludes halogenated alkanes) is 2. The molecule has 1 aromatic rings. The Morgan fingerprint density at radius 2 is 1.80 bits per heavy atom. The average Bonchev–Trinajstić information content (AvgIpc) is 2.22. The van der Waals surface area contributed by atoms with Crippen LogP contribution in [0.25, 0.3) is 0 Å². The van der Waals surface area contributed by atoms with Crippen molar-refractivity contribution in [2.75, 3.05) is 0 Å². The Hall–Kier alpha value is -0.300. The minimum atomic E-state index is 0.645. The van der Waals surface area contributed by atoms with Crippen molar-refractivity contribution in [1.82, 2.24) is 0 Å². The molecule has 84 valence electrons. The molecule has 0 aliphatic carbocycles. The zero-order chi connectivity index (χ0) is 11.1. The average molecular weight is 269 g/mol. The fourth-order valence-corrected chi connectivity index (χ4v) is 2.40. The minimum Gasteiger partial charge on any atom is -0.0887 e. The Morgan fingerprint density at radius 1 is 1.13 bits per heavy atom. The third kappa shape index (κ3) is 5.36. The molecule has 0 fully saturated rings. The highest BCUT2D eigenvalue weighted by atomic mass is 79.9. The lowest BCUT2D eigenvalue weighted by Gasteiger charge is -2.09. The molecular formula is C14H21Br. The summed E-state index contributed by atoms with van der Waals surface area (Å²) in [6, 6.07) is 8.87. The van der Waals surface area contributed by atoms with Gasteiger partial charge in [-0.15, -0.1) is 0 Å². The number of hydrogen-bond donors (Lipinski definition) is 0. The van der Waals surface area contributed by atoms with E-state index in [9.17, 15) is 0 Å². The second-order valence-corrected chi connectivity index (χ2v) is 5.58. The van der Waals surface area contributed by atoms with Crippen LogP contribution in [0.3, 0.4) is 0 Å². The second kappa shape index (κ2) is 7.05. The summed E-state index contributed by atoms with van der Waals surface area (Å²) >= 11 is 3.76. The maximum Gasteiger partial charge on any atom is 0.0186 e. The van der Waals surface area contributed by atoms with Gasteiger partial charge in [0.15, 0.2) is 0 Å². The summed E-state index contributed by atoms with van der Waals surface area (Å²) in [5, 5.41) is 0. The topological polar surface area (TPSA) is 0 Å². The second-order valence-electron chi connectivity index (χ2n) is 4.28. The normalized spacial score (nSPS) is 12.7. The highest BCUT2D eigenvalue weighted by Gasteiger charge is 2.04. The number of halogens is 1. The fourth-order valence-electron chi connectivity index (χ4n) is 1.70. The molecule has 1 atom stereocenters. The molecule has 0 amide bonds. The van der Waals surface area contributed by atoms with Gasteiger partial charge in [-0.25, -0.2) is 0 Å². The van der Waals surface area contributed by atoms with Gasteiger partial charge in [0.2, 0.25) is 0 Å². The molecule has 0 heterocycles. The third-order valence-electron chi connectivity index (χ3n) is 2.70. The molecule has 0 N–H and O–H groups in total. The molecule has 0 aromatic heterocycles. The predicted octanol–water partition coefficient (Wildman–Crippen LogP) is 4.88.